The molecule has 0 bridgehead atoms. The number of hydrogen-bond donors (Lipinski definition) is 1. The zero-order valence-corrected chi connectivity index (χ0v) is 9.07. The molecule has 0 radical (unpaired) electrons. The van der Waals surface area contributed by atoms with Gasteiger partial charge in [-0.3, -0.25) is 19.7 Å². The van der Waals surface area contributed by atoms with Crippen molar-refractivity contribution < 1.29 is 4.92 Å². The maximum Gasteiger partial charge on any atom is 0.350 e. The summed E-state index contributed by atoms with van der Waals surface area (Å²) in [7, 11) is 0. The number of aromatic nitrogens is 3. The van der Waals surface area contributed by atoms with Crippen LogP contribution in [0.4, 0.5) is 5.69 Å². The van der Waals surface area contributed by atoms with E-state index in [9.17, 15) is 19.7 Å². The molecule has 1 N–H and O–H groups in total. The Bertz CT molecular complexity index is 686. The van der Waals surface area contributed by atoms with Gasteiger partial charge >= 0.3 is 11.4 Å². The molecule has 18 heavy (non-hydrogen) atoms. The third-order valence-electron chi connectivity index (χ3n) is 2.29. The third kappa shape index (κ3) is 2.48. The van der Waals surface area contributed by atoms with Crippen molar-refractivity contribution in [3.8, 4) is 0 Å². The second-order valence-electron chi connectivity index (χ2n) is 3.53. The molecule has 0 saturated heterocycles. The summed E-state index contributed by atoms with van der Waals surface area (Å²) < 4.78 is 1.20. The highest BCUT2D eigenvalue weighted by Crippen LogP contribution is 2.12. The third-order valence-corrected chi connectivity index (χ3v) is 2.29. The lowest BCUT2D eigenvalue weighted by Crippen LogP contribution is -2.31. The van der Waals surface area contributed by atoms with E-state index in [0.717, 1.165) is 6.33 Å². The average Bonchev–Trinajstić information content (AvgIpc) is 2.33. The van der Waals surface area contributed by atoms with E-state index in [2.05, 4.69) is 4.98 Å². The van der Waals surface area contributed by atoms with Crippen LogP contribution in [-0.4, -0.2) is 19.5 Å². The van der Waals surface area contributed by atoms with Crippen molar-refractivity contribution in [1.82, 2.24) is 14.5 Å². The molecular formula is C10H8N4O4. The summed E-state index contributed by atoms with van der Waals surface area (Å²) >= 11 is 0. The summed E-state index contributed by atoms with van der Waals surface area (Å²) in [6, 6.07) is 5.77. The molecule has 0 atom stereocenters. The van der Waals surface area contributed by atoms with Gasteiger partial charge in [0, 0.05) is 12.1 Å². The Morgan fingerprint density at radius 2 is 1.94 bits per heavy atom. The van der Waals surface area contributed by atoms with Crippen LogP contribution in [0.1, 0.15) is 5.56 Å². The van der Waals surface area contributed by atoms with Gasteiger partial charge < -0.3 is 0 Å². The van der Waals surface area contributed by atoms with Gasteiger partial charge in [0.05, 0.1) is 11.5 Å². The molecule has 1 heterocycles. The molecule has 0 aliphatic carbocycles. The largest absolute Gasteiger partial charge is 0.350 e. The molecule has 0 aliphatic rings. The topological polar surface area (TPSA) is 111 Å². The molecule has 0 saturated carbocycles. The Hall–Kier alpha value is -2.77. The smallest absolute Gasteiger partial charge is 0.280 e. The number of rotatable bonds is 3. The van der Waals surface area contributed by atoms with Crippen molar-refractivity contribution in [2.45, 2.75) is 6.54 Å². The lowest BCUT2D eigenvalue weighted by Gasteiger charge is -2.03. The van der Waals surface area contributed by atoms with Gasteiger partial charge in [0.1, 0.15) is 6.33 Å². The van der Waals surface area contributed by atoms with E-state index >= 15 is 0 Å². The molecular weight excluding hydrogens is 240 g/mol. The van der Waals surface area contributed by atoms with Crippen molar-refractivity contribution in [2.24, 2.45) is 0 Å². The van der Waals surface area contributed by atoms with Crippen LogP contribution in [0.15, 0.2) is 40.2 Å². The van der Waals surface area contributed by atoms with E-state index in [1.807, 2.05) is 4.98 Å². The summed E-state index contributed by atoms with van der Waals surface area (Å²) in [6.45, 7) is 0.181. The monoisotopic (exact) mass is 248 g/mol. The van der Waals surface area contributed by atoms with Crippen molar-refractivity contribution >= 4 is 5.69 Å². The van der Waals surface area contributed by atoms with Crippen molar-refractivity contribution in [3.05, 3.63) is 67.2 Å². The first-order chi connectivity index (χ1) is 8.56. The Kier molecular flexibility index (Phi) is 3.00. The number of benzene rings is 1. The summed E-state index contributed by atoms with van der Waals surface area (Å²) in [5.74, 6) is 0. The summed E-state index contributed by atoms with van der Waals surface area (Å²) in [5, 5.41) is 10.5. The molecule has 2 aromatic rings. The summed E-state index contributed by atoms with van der Waals surface area (Å²) in [6.07, 6.45) is 1.13. The van der Waals surface area contributed by atoms with Gasteiger partial charge in [0.2, 0.25) is 0 Å². The van der Waals surface area contributed by atoms with Crippen LogP contribution in [-0.2, 0) is 6.54 Å². The van der Waals surface area contributed by atoms with Crippen LogP contribution < -0.4 is 11.4 Å². The number of aromatic amines is 1. The van der Waals surface area contributed by atoms with Gasteiger partial charge in [-0.1, -0.05) is 12.1 Å². The molecule has 8 heteroatoms. The van der Waals surface area contributed by atoms with Crippen LogP contribution in [0, 0.1) is 10.1 Å². The Morgan fingerprint density at radius 3 is 2.50 bits per heavy atom. The fourth-order valence-corrected chi connectivity index (χ4v) is 1.40. The lowest BCUT2D eigenvalue weighted by molar-refractivity contribution is -0.384. The fourth-order valence-electron chi connectivity index (χ4n) is 1.40. The van der Waals surface area contributed by atoms with Crippen LogP contribution in [0.5, 0.6) is 0 Å². The maximum absolute atomic E-state index is 11.4. The van der Waals surface area contributed by atoms with Crippen LogP contribution in [0.2, 0.25) is 0 Å². The van der Waals surface area contributed by atoms with Crippen LogP contribution >= 0.6 is 0 Å². The molecule has 1 aromatic carbocycles. The van der Waals surface area contributed by atoms with Crippen LogP contribution in [0.25, 0.3) is 0 Å². The van der Waals surface area contributed by atoms with Gasteiger partial charge in [0.15, 0.2) is 0 Å². The van der Waals surface area contributed by atoms with Crippen molar-refractivity contribution in [3.63, 3.8) is 0 Å². The SMILES string of the molecule is O=c1ncn(Cc2ccc([N+](=O)[O-])cc2)c(=O)[nH]1. The van der Waals surface area contributed by atoms with E-state index in [4.69, 9.17) is 0 Å². The van der Waals surface area contributed by atoms with Crippen molar-refractivity contribution in [2.75, 3.05) is 0 Å². The number of nitrogens with zero attached hydrogens (tertiary/aromatic N) is 3. The Morgan fingerprint density at radius 1 is 1.28 bits per heavy atom. The first-order valence-corrected chi connectivity index (χ1v) is 4.95. The molecule has 0 unspecified atom stereocenters. The molecule has 92 valence electrons. The zero-order chi connectivity index (χ0) is 13.1. The normalized spacial score (nSPS) is 10.2. The van der Waals surface area contributed by atoms with E-state index in [1.165, 1.54) is 28.8 Å². The quantitative estimate of drug-likeness (QED) is 0.601. The van der Waals surface area contributed by atoms with E-state index in [1.54, 1.807) is 0 Å². The zero-order valence-electron chi connectivity index (χ0n) is 9.07. The summed E-state index contributed by atoms with van der Waals surface area (Å²) in [4.78, 5) is 37.5. The van der Waals surface area contributed by atoms with Gasteiger partial charge in [-0.15, -0.1) is 0 Å². The van der Waals surface area contributed by atoms with Gasteiger partial charge in [-0.25, -0.2) is 9.59 Å². The van der Waals surface area contributed by atoms with Gasteiger partial charge in [-0.2, -0.15) is 4.98 Å². The first kappa shape index (κ1) is 11.7. The molecule has 0 fully saturated rings. The minimum atomic E-state index is -0.708. The maximum atomic E-state index is 11.4. The lowest BCUT2D eigenvalue weighted by atomic mass is 10.2. The first-order valence-electron chi connectivity index (χ1n) is 4.95. The predicted octanol–water partition coefficient (Wildman–Crippen LogP) is -0.112. The van der Waals surface area contributed by atoms with Gasteiger partial charge in [-0.05, 0) is 5.56 Å². The highest BCUT2D eigenvalue weighted by atomic mass is 16.6. The predicted molar refractivity (Wildman–Crippen MR) is 61.3 cm³/mol. The highest BCUT2D eigenvalue weighted by Gasteiger charge is 2.05. The number of hydrogen-bond acceptors (Lipinski definition) is 5. The van der Waals surface area contributed by atoms with Crippen LogP contribution in [0.3, 0.4) is 0 Å². The molecule has 8 nitrogen and oxygen atoms in total. The van der Waals surface area contributed by atoms with E-state index < -0.39 is 16.3 Å². The Labute approximate surface area is 99.7 Å². The van der Waals surface area contributed by atoms with Crippen molar-refractivity contribution in [1.29, 1.82) is 0 Å². The molecule has 0 amide bonds. The number of non-ortho nitro benzene ring substituents is 1. The molecule has 1 aromatic heterocycles. The number of nitro groups is 1. The van der Waals surface area contributed by atoms with E-state index in [0.29, 0.717) is 5.56 Å². The minimum absolute atomic E-state index is 0.0225. The fraction of sp³-hybridized carbons (Fsp3) is 0.100. The number of nitrogens with one attached hydrogen (secondary N) is 1. The van der Waals surface area contributed by atoms with Gasteiger partial charge in [0.25, 0.3) is 5.69 Å². The highest BCUT2D eigenvalue weighted by molar-refractivity contribution is 5.32. The molecule has 0 spiro atoms. The Balaban J connectivity index is 2.26. The standard InChI is InChI=1S/C10H8N4O4/c15-9-11-6-13(10(16)12-9)5-7-1-3-8(4-2-7)14(17)18/h1-4,6H,5H2,(H,12,15,16). The average molecular weight is 248 g/mol. The number of nitro benzene ring substituents is 1. The second-order valence-corrected chi connectivity index (χ2v) is 3.53. The minimum Gasteiger partial charge on any atom is -0.280 e. The van der Waals surface area contributed by atoms with E-state index in [-0.39, 0.29) is 12.2 Å². The molecule has 2 rings (SSSR count). The number of H-pyrrole nitrogens is 1. The summed E-state index contributed by atoms with van der Waals surface area (Å²) in [5.41, 5.74) is -0.615. The second kappa shape index (κ2) is 4.62. The molecule has 0 aliphatic heterocycles.